The van der Waals surface area contributed by atoms with Crippen molar-refractivity contribution in [2.75, 3.05) is 23.8 Å². The van der Waals surface area contributed by atoms with Crippen LogP contribution in [0.25, 0.3) is 11.2 Å². The van der Waals surface area contributed by atoms with Gasteiger partial charge in [0.25, 0.3) is 0 Å². The van der Waals surface area contributed by atoms with Gasteiger partial charge in [-0.1, -0.05) is 0 Å². The van der Waals surface area contributed by atoms with E-state index in [1.54, 1.807) is 10.9 Å². The Bertz CT molecular complexity index is 975. The molecule has 0 radical (unpaired) electrons. The lowest BCUT2D eigenvalue weighted by Crippen LogP contribution is -2.10. The number of halogens is 3. The number of benzene rings is 1. The van der Waals surface area contributed by atoms with Gasteiger partial charge in [0.05, 0.1) is 12.0 Å². The van der Waals surface area contributed by atoms with E-state index >= 15 is 0 Å². The second-order valence-corrected chi connectivity index (χ2v) is 5.89. The molecule has 27 heavy (non-hydrogen) atoms. The molecule has 144 valence electrons. The molecule has 10 heteroatoms. The number of rotatable bonds is 7. The second kappa shape index (κ2) is 7.78. The van der Waals surface area contributed by atoms with E-state index in [0.29, 0.717) is 30.7 Å². The van der Waals surface area contributed by atoms with E-state index in [0.717, 1.165) is 13.0 Å². The van der Waals surface area contributed by atoms with Crippen molar-refractivity contribution < 1.29 is 18.3 Å². The fourth-order valence-electron chi connectivity index (χ4n) is 2.57. The maximum absolute atomic E-state index is 14.4. The van der Waals surface area contributed by atoms with Crippen molar-refractivity contribution >= 4 is 28.6 Å². The van der Waals surface area contributed by atoms with Crippen LogP contribution < -0.4 is 10.6 Å². The highest BCUT2D eigenvalue weighted by Gasteiger charge is 2.19. The van der Waals surface area contributed by atoms with Crippen molar-refractivity contribution in [1.29, 1.82) is 0 Å². The van der Waals surface area contributed by atoms with Crippen molar-refractivity contribution in [2.24, 2.45) is 0 Å². The molecule has 0 aliphatic heterocycles. The summed E-state index contributed by atoms with van der Waals surface area (Å²) in [4.78, 5) is 12.9. The lowest BCUT2D eigenvalue weighted by Gasteiger charge is -2.12. The van der Waals surface area contributed by atoms with Gasteiger partial charge in [-0.25, -0.2) is 18.2 Å². The van der Waals surface area contributed by atoms with Gasteiger partial charge in [-0.3, -0.25) is 0 Å². The standard InChI is InChI=1S/C17H19F3N6O/c1-3-26-8-22-14-15(24-17(25-16(14)26)21-5-4-6-27)23-11-7-10(18)12(19)9(2)13(11)20/h7-8,27H,3-6H2,1-2H3,(H2,21,23,24,25). The summed E-state index contributed by atoms with van der Waals surface area (Å²) in [7, 11) is 0. The third-order valence-corrected chi connectivity index (χ3v) is 4.05. The maximum atomic E-state index is 14.4. The zero-order chi connectivity index (χ0) is 19.6. The van der Waals surface area contributed by atoms with Crippen molar-refractivity contribution in [1.82, 2.24) is 19.5 Å². The van der Waals surface area contributed by atoms with Crippen LogP contribution in [-0.4, -0.2) is 37.8 Å². The van der Waals surface area contributed by atoms with E-state index in [1.807, 2.05) is 6.92 Å². The largest absolute Gasteiger partial charge is 0.396 e. The van der Waals surface area contributed by atoms with E-state index in [-0.39, 0.29) is 24.1 Å². The molecule has 3 N–H and O–H groups in total. The Morgan fingerprint density at radius 2 is 1.96 bits per heavy atom. The molecular weight excluding hydrogens is 361 g/mol. The van der Waals surface area contributed by atoms with Crippen molar-refractivity contribution in [2.45, 2.75) is 26.8 Å². The minimum Gasteiger partial charge on any atom is -0.396 e. The van der Waals surface area contributed by atoms with Crippen LogP contribution in [0.5, 0.6) is 0 Å². The Hall–Kier alpha value is -2.88. The number of nitrogens with zero attached hydrogens (tertiary/aromatic N) is 4. The molecule has 0 bridgehead atoms. The summed E-state index contributed by atoms with van der Waals surface area (Å²) in [5, 5.41) is 14.6. The molecule has 3 aromatic rings. The maximum Gasteiger partial charge on any atom is 0.226 e. The molecule has 3 rings (SSSR count). The summed E-state index contributed by atoms with van der Waals surface area (Å²) < 4.78 is 43.4. The number of hydrogen-bond acceptors (Lipinski definition) is 6. The molecule has 2 aromatic heterocycles. The molecule has 0 fully saturated rings. The lowest BCUT2D eigenvalue weighted by atomic mass is 10.2. The Morgan fingerprint density at radius 3 is 2.67 bits per heavy atom. The third-order valence-electron chi connectivity index (χ3n) is 4.05. The lowest BCUT2D eigenvalue weighted by molar-refractivity contribution is 0.292. The van der Waals surface area contributed by atoms with Crippen LogP contribution in [0.15, 0.2) is 12.4 Å². The predicted molar refractivity (Wildman–Crippen MR) is 95.5 cm³/mol. The number of aryl methyl sites for hydroxylation is 1. The van der Waals surface area contributed by atoms with Crippen LogP contribution >= 0.6 is 0 Å². The summed E-state index contributed by atoms with van der Waals surface area (Å²) in [6, 6.07) is 0.737. The van der Waals surface area contributed by atoms with E-state index < -0.39 is 23.0 Å². The monoisotopic (exact) mass is 380 g/mol. The van der Waals surface area contributed by atoms with Crippen LogP contribution in [0.3, 0.4) is 0 Å². The predicted octanol–water partition coefficient (Wildman–Crippen LogP) is 3.11. The van der Waals surface area contributed by atoms with E-state index in [9.17, 15) is 13.2 Å². The average molecular weight is 380 g/mol. The quantitative estimate of drug-likeness (QED) is 0.431. The Kier molecular flexibility index (Phi) is 5.45. The number of hydrogen-bond donors (Lipinski definition) is 3. The fourth-order valence-corrected chi connectivity index (χ4v) is 2.57. The topological polar surface area (TPSA) is 87.9 Å². The van der Waals surface area contributed by atoms with Crippen LogP contribution in [0, 0.1) is 24.4 Å². The number of anilines is 3. The molecule has 0 spiro atoms. The summed E-state index contributed by atoms with van der Waals surface area (Å²) >= 11 is 0. The molecule has 0 saturated carbocycles. The molecule has 0 saturated heterocycles. The number of imidazole rings is 1. The van der Waals surface area contributed by atoms with Crippen LogP contribution in [0.4, 0.5) is 30.6 Å². The first-order valence-electron chi connectivity index (χ1n) is 8.45. The highest BCUT2D eigenvalue weighted by molar-refractivity contribution is 5.86. The zero-order valence-electron chi connectivity index (χ0n) is 14.9. The molecule has 0 aliphatic rings. The SMILES string of the molecule is CCn1cnc2c(Nc3cc(F)c(F)c(C)c3F)nc(NCCCO)nc21. The number of aliphatic hydroxyl groups excluding tert-OH is 1. The van der Waals surface area contributed by atoms with Gasteiger partial charge in [-0.2, -0.15) is 9.97 Å². The van der Waals surface area contributed by atoms with Crippen molar-refractivity contribution in [3.8, 4) is 0 Å². The minimum atomic E-state index is -1.23. The van der Waals surface area contributed by atoms with Crippen molar-refractivity contribution in [3.05, 3.63) is 35.4 Å². The number of nitrogens with one attached hydrogen (secondary N) is 2. The highest BCUT2D eigenvalue weighted by Crippen LogP contribution is 2.29. The van der Waals surface area contributed by atoms with Gasteiger partial charge >= 0.3 is 0 Å². The molecule has 2 heterocycles. The van der Waals surface area contributed by atoms with E-state index in [4.69, 9.17) is 5.11 Å². The molecular formula is C17H19F3N6O. The van der Waals surface area contributed by atoms with Crippen molar-refractivity contribution in [3.63, 3.8) is 0 Å². The van der Waals surface area contributed by atoms with E-state index in [1.165, 1.54) is 0 Å². The first-order chi connectivity index (χ1) is 13.0. The van der Waals surface area contributed by atoms with Gasteiger partial charge in [0.2, 0.25) is 5.95 Å². The van der Waals surface area contributed by atoms with Crippen LogP contribution in [0.1, 0.15) is 18.9 Å². The Morgan fingerprint density at radius 1 is 1.19 bits per heavy atom. The fraction of sp³-hybridized carbons (Fsp3) is 0.353. The number of aromatic nitrogens is 4. The first kappa shape index (κ1) is 18.9. The zero-order valence-corrected chi connectivity index (χ0v) is 14.9. The molecule has 1 aromatic carbocycles. The molecule has 0 amide bonds. The molecule has 0 unspecified atom stereocenters. The van der Waals surface area contributed by atoms with E-state index in [2.05, 4.69) is 25.6 Å². The summed E-state index contributed by atoms with van der Waals surface area (Å²) in [6.07, 6.45) is 2.06. The van der Waals surface area contributed by atoms with Gasteiger partial charge < -0.3 is 20.3 Å². The molecule has 0 atom stereocenters. The van der Waals surface area contributed by atoms with Gasteiger partial charge in [-0.05, 0) is 20.3 Å². The van der Waals surface area contributed by atoms with Gasteiger partial charge in [-0.15, -0.1) is 0 Å². The summed E-state index contributed by atoms with van der Waals surface area (Å²) in [5.74, 6) is -2.91. The highest BCUT2D eigenvalue weighted by atomic mass is 19.2. The number of aliphatic hydroxyl groups is 1. The second-order valence-electron chi connectivity index (χ2n) is 5.89. The molecule has 7 nitrogen and oxygen atoms in total. The Balaban J connectivity index is 2.06. The van der Waals surface area contributed by atoms with Crippen LogP contribution in [0.2, 0.25) is 0 Å². The summed E-state index contributed by atoms with van der Waals surface area (Å²) in [6.45, 7) is 4.10. The molecule has 0 aliphatic carbocycles. The smallest absolute Gasteiger partial charge is 0.226 e. The first-order valence-corrected chi connectivity index (χ1v) is 8.45. The van der Waals surface area contributed by atoms with Gasteiger partial charge in [0, 0.05) is 31.3 Å². The van der Waals surface area contributed by atoms with Gasteiger partial charge in [0.1, 0.15) is 0 Å². The third kappa shape index (κ3) is 3.65. The number of fused-ring (bicyclic) bond motifs is 1. The Labute approximate surface area is 153 Å². The van der Waals surface area contributed by atoms with Gasteiger partial charge in [0.15, 0.2) is 34.4 Å². The minimum absolute atomic E-state index is 0.00654. The summed E-state index contributed by atoms with van der Waals surface area (Å²) in [5.41, 5.74) is 0.189. The van der Waals surface area contributed by atoms with Crippen LogP contribution in [-0.2, 0) is 6.54 Å². The average Bonchev–Trinajstić information content (AvgIpc) is 3.08. The normalized spacial score (nSPS) is 11.2.